The summed E-state index contributed by atoms with van der Waals surface area (Å²) in [5.41, 5.74) is 7.70. The van der Waals surface area contributed by atoms with Gasteiger partial charge in [-0.25, -0.2) is 4.39 Å². The van der Waals surface area contributed by atoms with E-state index in [4.69, 9.17) is 16.9 Å². The summed E-state index contributed by atoms with van der Waals surface area (Å²) in [4.78, 5) is 12.6. The maximum absolute atomic E-state index is 14.0. The second-order valence-corrected chi connectivity index (χ2v) is 9.25. The van der Waals surface area contributed by atoms with Crippen LogP contribution in [0, 0.1) is 31.0 Å². The molecule has 1 N–H and O–H groups in total. The number of carbonyl (C=O) groups excluding carboxylic acids is 1. The van der Waals surface area contributed by atoms with E-state index < -0.39 is 5.82 Å². The van der Waals surface area contributed by atoms with Crippen molar-refractivity contribution < 1.29 is 9.18 Å². The number of hydrogen-bond donors (Lipinski definition) is 1. The Hall–Kier alpha value is -3.88. The number of benzene rings is 3. The molecule has 4 rings (SSSR count). The lowest BCUT2D eigenvalue weighted by atomic mass is 10.0. The van der Waals surface area contributed by atoms with Crippen molar-refractivity contribution in [2.45, 2.75) is 39.7 Å². The summed E-state index contributed by atoms with van der Waals surface area (Å²) in [5.74, 6) is -0.617. The number of carbonyl (C=O) groups is 1. The van der Waals surface area contributed by atoms with Crippen LogP contribution in [0.2, 0.25) is 5.02 Å². The molecule has 0 bridgehead atoms. The molecule has 1 aromatic heterocycles. The molecule has 0 unspecified atom stereocenters. The van der Waals surface area contributed by atoms with Crippen molar-refractivity contribution in [1.29, 1.82) is 5.26 Å². The van der Waals surface area contributed by atoms with Gasteiger partial charge in [-0.1, -0.05) is 53.6 Å². The Morgan fingerprint density at radius 2 is 1.83 bits per heavy atom. The van der Waals surface area contributed by atoms with E-state index in [0.717, 1.165) is 28.2 Å². The van der Waals surface area contributed by atoms with Gasteiger partial charge in [-0.05, 0) is 67.8 Å². The minimum Gasteiger partial charge on any atom is -0.352 e. The highest BCUT2D eigenvalue weighted by Gasteiger charge is 2.16. The highest BCUT2D eigenvalue weighted by atomic mass is 35.5. The van der Waals surface area contributed by atoms with E-state index in [1.54, 1.807) is 6.07 Å². The summed E-state index contributed by atoms with van der Waals surface area (Å²) in [5, 5.41) is 12.1. The first-order valence-corrected chi connectivity index (χ1v) is 12.2. The van der Waals surface area contributed by atoms with Crippen LogP contribution in [0.1, 0.15) is 34.4 Å². The normalized spacial score (nSPS) is 10.8. The Bertz CT molecular complexity index is 1410. The number of aryl methyl sites for hydroxylation is 3. The number of nitrogens with one attached hydrogen (secondary N) is 1. The van der Waals surface area contributed by atoms with E-state index in [1.165, 1.54) is 23.3 Å². The van der Waals surface area contributed by atoms with Crippen molar-refractivity contribution in [2.75, 3.05) is 0 Å². The standard InChI is InChI=1S/C30H27ClFN3O/c1-20-6-13-25(21(2)18-20)29-14-11-24(35(29)23-9-7-22(8-10-23)16-17-33)12-15-30(36)34-19-26-27(31)4-3-5-28(26)32/h3-11,13-14,18H,12,15-16,19H2,1-2H3,(H,34,36). The molecule has 1 amide bonds. The SMILES string of the molecule is Cc1ccc(-c2ccc(CCC(=O)NCc3c(F)cccc3Cl)n2-c2ccc(CC#N)cc2)c(C)c1. The van der Waals surface area contributed by atoms with Gasteiger partial charge < -0.3 is 9.88 Å². The molecule has 0 radical (unpaired) electrons. The third-order valence-corrected chi connectivity index (χ3v) is 6.58. The van der Waals surface area contributed by atoms with Gasteiger partial charge in [0.1, 0.15) is 5.82 Å². The monoisotopic (exact) mass is 499 g/mol. The van der Waals surface area contributed by atoms with Gasteiger partial charge in [0, 0.05) is 40.5 Å². The quantitative estimate of drug-likeness (QED) is 0.287. The number of nitriles is 1. The molecule has 0 saturated heterocycles. The van der Waals surface area contributed by atoms with E-state index >= 15 is 0 Å². The van der Waals surface area contributed by atoms with Crippen molar-refractivity contribution >= 4 is 17.5 Å². The first-order valence-electron chi connectivity index (χ1n) is 11.8. The second kappa shape index (κ2) is 11.2. The van der Waals surface area contributed by atoms with Gasteiger partial charge in [0.05, 0.1) is 18.2 Å². The topological polar surface area (TPSA) is 57.8 Å². The first kappa shape index (κ1) is 25.2. The molecule has 0 spiro atoms. The molecule has 3 aromatic carbocycles. The summed E-state index contributed by atoms with van der Waals surface area (Å²) in [6, 6.07) is 25.1. The number of aromatic nitrogens is 1. The highest BCUT2D eigenvalue weighted by Crippen LogP contribution is 2.30. The van der Waals surface area contributed by atoms with Gasteiger partial charge in [-0.3, -0.25) is 4.79 Å². The molecule has 1 heterocycles. The predicted molar refractivity (Wildman–Crippen MR) is 142 cm³/mol. The smallest absolute Gasteiger partial charge is 0.220 e. The van der Waals surface area contributed by atoms with Crippen molar-refractivity contribution in [3.05, 3.63) is 112 Å². The average molecular weight is 500 g/mol. The summed E-state index contributed by atoms with van der Waals surface area (Å²) in [6.45, 7) is 4.21. The number of amides is 1. The second-order valence-electron chi connectivity index (χ2n) is 8.84. The Morgan fingerprint density at radius 1 is 1.06 bits per heavy atom. The average Bonchev–Trinajstić information content (AvgIpc) is 3.27. The van der Waals surface area contributed by atoms with Gasteiger partial charge in [-0.15, -0.1) is 0 Å². The van der Waals surface area contributed by atoms with Crippen LogP contribution in [0.15, 0.2) is 72.8 Å². The summed E-state index contributed by atoms with van der Waals surface area (Å²) in [7, 11) is 0. The molecule has 4 aromatic rings. The van der Waals surface area contributed by atoms with Crippen molar-refractivity contribution in [3.63, 3.8) is 0 Å². The van der Waals surface area contributed by atoms with Gasteiger partial charge in [-0.2, -0.15) is 5.26 Å². The van der Waals surface area contributed by atoms with Gasteiger partial charge in [0.2, 0.25) is 5.91 Å². The largest absolute Gasteiger partial charge is 0.352 e. The third kappa shape index (κ3) is 5.67. The Labute approximate surface area is 216 Å². The van der Waals surface area contributed by atoms with Gasteiger partial charge >= 0.3 is 0 Å². The van der Waals surface area contributed by atoms with E-state index in [-0.39, 0.29) is 24.4 Å². The van der Waals surface area contributed by atoms with E-state index in [2.05, 4.69) is 54.1 Å². The van der Waals surface area contributed by atoms with Crippen LogP contribution in [-0.4, -0.2) is 10.5 Å². The Morgan fingerprint density at radius 3 is 2.53 bits per heavy atom. The molecule has 182 valence electrons. The zero-order valence-corrected chi connectivity index (χ0v) is 21.1. The van der Waals surface area contributed by atoms with E-state index in [1.807, 2.05) is 30.3 Å². The van der Waals surface area contributed by atoms with Crippen LogP contribution in [0.5, 0.6) is 0 Å². The molecular weight excluding hydrogens is 473 g/mol. The lowest BCUT2D eigenvalue weighted by molar-refractivity contribution is -0.121. The van der Waals surface area contributed by atoms with Crippen LogP contribution in [0.3, 0.4) is 0 Å². The molecule has 36 heavy (non-hydrogen) atoms. The predicted octanol–water partition coefficient (Wildman–Crippen LogP) is 6.87. The van der Waals surface area contributed by atoms with E-state index in [9.17, 15) is 9.18 Å². The molecule has 0 aliphatic heterocycles. The fraction of sp³-hybridized carbons (Fsp3) is 0.200. The van der Waals surface area contributed by atoms with Crippen LogP contribution in [0.4, 0.5) is 4.39 Å². The fourth-order valence-electron chi connectivity index (χ4n) is 4.36. The third-order valence-electron chi connectivity index (χ3n) is 6.23. The number of rotatable bonds is 8. The highest BCUT2D eigenvalue weighted by molar-refractivity contribution is 6.31. The van der Waals surface area contributed by atoms with Crippen LogP contribution >= 0.6 is 11.6 Å². The zero-order chi connectivity index (χ0) is 25.7. The van der Waals surface area contributed by atoms with Crippen LogP contribution in [-0.2, 0) is 24.2 Å². The van der Waals surface area contributed by atoms with Gasteiger partial charge in [0.15, 0.2) is 0 Å². The molecule has 0 atom stereocenters. The van der Waals surface area contributed by atoms with E-state index in [0.29, 0.717) is 17.9 Å². The maximum Gasteiger partial charge on any atom is 0.220 e. The molecule has 6 heteroatoms. The Balaban J connectivity index is 1.59. The van der Waals surface area contributed by atoms with Crippen molar-refractivity contribution in [1.82, 2.24) is 9.88 Å². The van der Waals surface area contributed by atoms with Crippen LogP contribution < -0.4 is 5.32 Å². The van der Waals surface area contributed by atoms with Crippen molar-refractivity contribution in [2.24, 2.45) is 0 Å². The minimum atomic E-state index is -0.436. The molecule has 0 aliphatic rings. The maximum atomic E-state index is 14.0. The molecule has 0 aliphatic carbocycles. The summed E-state index contributed by atoms with van der Waals surface area (Å²) >= 11 is 6.08. The molecule has 0 fully saturated rings. The molecule has 0 saturated carbocycles. The van der Waals surface area contributed by atoms with Crippen molar-refractivity contribution in [3.8, 4) is 23.0 Å². The lowest BCUT2D eigenvalue weighted by Gasteiger charge is -2.16. The van der Waals surface area contributed by atoms with Gasteiger partial charge in [0.25, 0.3) is 0 Å². The fourth-order valence-corrected chi connectivity index (χ4v) is 4.59. The number of nitrogens with zero attached hydrogens (tertiary/aromatic N) is 2. The summed E-state index contributed by atoms with van der Waals surface area (Å²) in [6.07, 6.45) is 1.10. The molecule has 4 nitrogen and oxygen atoms in total. The number of hydrogen-bond acceptors (Lipinski definition) is 2. The minimum absolute atomic E-state index is 0.0412. The Kier molecular flexibility index (Phi) is 7.87. The number of halogens is 2. The summed E-state index contributed by atoms with van der Waals surface area (Å²) < 4.78 is 16.2. The zero-order valence-electron chi connectivity index (χ0n) is 20.3. The molecular formula is C30H27ClFN3O. The first-order chi connectivity index (χ1) is 17.4. The van der Waals surface area contributed by atoms with Crippen LogP contribution in [0.25, 0.3) is 16.9 Å². The lowest BCUT2D eigenvalue weighted by Crippen LogP contribution is -2.24.